The highest BCUT2D eigenvalue weighted by molar-refractivity contribution is 5.60. The first-order valence-corrected chi connectivity index (χ1v) is 5.83. The Kier molecular flexibility index (Phi) is 3.61. The van der Waals surface area contributed by atoms with Gasteiger partial charge in [-0.3, -0.25) is 10.1 Å². The number of pyridine rings is 1. The summed E-state index contributed by atoms with van der Waals surface area (Å²) in [6, 6.07) is 3.03. The van der Waals surface area contributed by atoms with Crippen LogP contribution in [0.1, 0.15) is 12.8 Å². The Morgan fingerprint density at radius 3 is 3.06 bits per heavy atom. The van der Waals surface area contributed by atoms with E-state index in [1.165, 1.54) is 19.2 Å². The van der Waals surface area contributed by atoms with E-state index in [1.54, 1.807) is 0 Å². The van der Waals surface area contributed by atoms with E-state index in [-0.39, 0.29) is 11.7 Å². The van der Waals surface area contributed by atoms with Gasteiger partial charge in [0, 0.05) is 31.3 Å². The SMILES string of the molecule is COc1ccc([N+](=O)[O-])c(N2CCCC2CN)n1. The molecular weight excluding hydrogens is 236 g/mol. The standard InChI is InChI=1S/C11H16N4O3/c1-18-10-5-4-9(15(16)17)11(13-10)14-6-2-3-8(14)7-12/h4-5,8H,2-3,6-7,12H2,1H3. The average molecular weight is 252 g/mol. The lowest BCUT2D eigenvalue weighted by Crippen LogP contribution is -2.36. The Labute approximate surface area is 105 Å². The van der Waals surface area contributed by atoms with Crippen molar-refractivity contribution in [1.29, 1.82) is 0 Å². The van der Waals surface area contributed by atoms with Gasteiger partial charge in [-0.2, -0.15) is 4.98 Å². The Bertz CT molecular complexity index is 452. The second-order valence-electron chi connectivity index (χ2n) is 4.18. The molecule has 1 aliphatic heterocycles. The molecule has 0 spiro atoms. The molecule has 0 amide bonds. The average Bonchev–Trinajstić information content (AvgIpc) is 2.85. The van der Waals surface area contributed by atoms with Gasteiger partial charge in [0.25, 0.3) is 0 Å². The molecule has 0 aromatic carbocycles. The molecule has 18 heavy (non-hydrogen) atoms. The molecule has 2 rings (SSSR count). The largest absolute Gasteiger partial charge is 0.481 e. The molecule has 1 atom stereocenters. The fraction of sp³-hybridized carbons (Fsp3) is 0.545. The van der Waals surface area contributed by atoms with Crippen LogP contribution in [0.2, 0.25) is 0 Å². The summed E-state index contributed by atoms with van der Waals surface area (Å²) in [7, 11) is 1.49. The normalized spacial score (nSPS) is 19.0. The van der Waals surface area contributed by atoms with Crippen LogP contribution in [0.4, 0.5) is 11.5 Å². The summed E-state index contributed by atoms with van der Waals surface area (Å²) < 4.78 is 5.03. The zero-order valence-corrected chi connectivity index (χ0v) is 10.2. The molecule has 1 aromatic rings. The van der Waals surface area contributed by atoms with Crippen molar-refractivity contribution >= 4 is 11.5 Å². The highest BCUT2D eigenvalue weighted by atomic mass is 16.6. The third-order valence-corrected chi connectivity index (χ3v) is 3.16. The summed E-state index contributed by atoms with van der Waals surface area (Å²) in [6.45, 7) is 1.21. The van der Waals surface area contributed by atoms with Crippen molar-refractivity contribution in [1.82, 2.24) is 4.98 Å². The number of nitrogens with zero attached hydrogens (tertiary/aromatic N) is 3. The van der Waals surface area contributed by atoms with Crippen molar-refractivity contribution in [2.45, 2.75) is 18.9 Å². The van der Waals surface area contributed by atoms with E-state index in [4.69, 9.17) is 10.5 Å². The lowest BCUT2D eigenvalue weighted by atomic mass is 10.2. The van der Waals surface area contributed by atoms with Crippen LogP contribution >= 0.6 is 0 Å². The Hall–Kier alpha value is -1.89. The molecule has 1 saturated heterocycles. The van der Waals surface area contributed by atoms with Crippen LogP contribution in [0.25, 0.3) is 0 Å². The molecule has 1 aliphatic rings. The number of nitro groups is 1. The van der Waals surface area contributed by atoms with Crippen molar-refractivity contribution in [2.24, 2.45) is 5.73 Å². The monoisotopic (exact) mass is 252 g/mol. The summed E-state index contributed by atoms with van der Waals surface area (Å²) in [5, 5.41) is 11.0. The highest BCUT2D eigenvalue weighted by Crippen LogP contribution is 2.33. The third-order valence-electron chi connectivity index (χ3n) is 3.16. The van der Waals surface area contributed by atoms with Gasteiger partial charge in [0.1, 0.15) is 0 Å². The Balaban J connectivity index is 2.42. The van der Waals surface area contributed by atoms with Crippen LogP contribution in [0.15, 0.2) is 12.1 Å². The van der Waals surface area contributed by atoms with Gasteiger partial charge >= 0.3 is 5.69 Å². The first kappa shape index (κ1) is 12.6. The van der Waals surface area contributed by atoms with Gasteiger partial charge in [-0.25, -0.2) is 0 Å². The smallest absolute Gasteiger partial charge is 0.311 e. The highest BCUT2D eigenvalue weighted by Gasteiger charge is 2.30. The maximum atomic E-state index is 11.0. The van der Waals surface area contributed by atoms with Crippen molar-refractivity contribution in [3.63, 3.8) is 0 Å². The Morgan fingerprint density at radius 2 is 2.44 bits per heavy atom. The number of ether oxygens (including phenoxy) is 1. The van der Waals surface area contributed by atoms with E-state index in [1.807, 2.05) is 4.90 Å². The number of methoxy groups -OCH3 is 1. The lowest BCUT2D eigenvalue weighted by Gasteiger charge is -2.24. The summed E-state index contributed by atoms with van der Waals surface area (Å²) in [4.78, 5) is 16.7. The van der Waals surface area contributed by atoms with Crippen molar-refractivity contribution in [3.05, 3.63) is 22.2 Å². The summed E-state index contributed by atoms with van der Waals surface area (Å²) in [6.07, 6.45) is 1.91. The molecule has 98 valence electrons. The minimum Gasteiger partial charge on any atom is -0.481 e. The number of hydrogen-bond acceptors (Lipinski definition) is 6. The lowest BCUT2D eigenvalue weighted by molar-refractivity contribution is -0.384. The van der Waals surface area contributed by atoms with Crippen LogP contribution < -0.4 is 15.4 Å². The third kappa shape index (κ3) is 2.21. The molecule has 1 aromatic heterocycles. The number of hydrogen-bond donors (Lipinski definition) is 1. The minimum absolute atomic E-state index is 0.00356. The van der Waals surface area contributed by atoms with Crippen LogP contribution in [0.5, 0.6) is 5.88 Å². The van der Waals surface area contributed by atoms with Crippen molar-refractivity contribution in [2.75, 3.05) is 25.1 Å². The minimum atomic E-state index is -0.423. The van der Waals surface area contributed by atoms with E-state index in [0.29, 0.717) is 18.2 Å². The van der Waals surface area contributed by atoms with Crippen LogP contribution in [0.3, 0.4) is 0 Å². The Morgan fingerprint density at radius 1 is 1.67 bits per heavy atom. The summed E-state index contributed by atoms with van der Waals surface area (Å²) >= 11 is 0. The summed E-state index contributed by atoms with van der Waals surface area (Å²) in [5.74, 6) is 0.727. The maximum absolute atomic E-state index is 11.0. The molecule has 2 heterocycles. The number of anilines is 1. The van der Waals surface area contributed by atoms with Gasteiger partial charge in [-0.15, -0.1) is 0 Å². The predicted octanol–water partition coefficient (Wildman–Crippen LogP) is 0.926. The van der Waals surface area contributed by atoms with E-state index in [9.17, 15) is 10.1 Å². The van der Waals surface area contributed by atoms with Crippen LogP contribution in [-0.4, -0.2) is 36.1 Å². The van der Waals surface area contributed by atoms with Gasteiger partial charge in [0.05, 0.1) is 12.0 Å². The van der Waals surface area contributed by atoms with E-state index >= 15 is 0 Å². The molecule has 2 N–H and O–H groups in total. The molecule has 0 radical (unpaired) electrons. The molecule has 0 bridgehead atoms. The molecule has 7 nitrogen and oxygen atoms in total. The second kappa shape index (κ2) is 5.18. The number of aromatic nitrogens is 1. The van der Waals surface area contributed by atoms with Crippen molar-refractivity contribution < 1.29 is 9.66 Å². The van der Waals surface area contributed by atoms with Crippen LogP contribution in [-0.2, 0) is 0 Å². The first-order valence-electron chi connectivity index (χ1n) is 5.83. The van der Waals surface area contributed by atoms with E-state index in [2.05, 4.69) is 4.98 Å². The molecule has 1 fully saturated rings. The number of rotatable bonds is 4. The topological polar surface area (TPSA) is 94.5 Å². The fourth-order valence-corrected chi connectivity index (χ4v) is 2.25. The van der Waals surface area contributed by atoms with Gasteiger partial charge in [-0.1, -0.05) is 0 Å². The van der Waals surface area contributed by atoms with E-state index in [0.717, 1.165) is 19.4 Å². The fourth-order valence-electron chi connectivity index (χ4n) is 2.25. The van der Waals surface area contributed by atoms with E-state index < -0.39 is 4.92 Å². The quantitative estimate of drug-likeness (QED) is 0.632. The summed E-state index contributed by atoms with van der Waals surface area (Å²) in [5.41, 5.74) is 5.68. The molecule has 0 aliphatic carbocycles. The second-order valence-corrected chi connectivity index (χ2v) is 4.18. The van der Waals surface area contributed by atoms with Gasteiger partial charge in [0.2, 0.25) is 11.7 Å². The van der Waals surface area contributed by atoms with Gasteiger partial charge in [0.15, 0.2) is 0 Å². The van der Waals surface area contributed by atoms with Gasteiger partial charge in [-0.05, 0) is 12.8 Å². The molecular formula is C11H16N4O3. The molecule has 1 unspecified atom stereocenters. The number of nitrogens with two attached hydrogens (primary N) is 1. The maximum Gasteiger partial charge on any atom is 0.311 e. The van der Waals surface area contributed by atoms with Gasteiger partial charge < -0.3 is 15.4 Å². The zero-order chi connectivity index (χ0) is 13.1. The zero-order valence-electron chi connectivity index (χ0n) is 10.2. The van der Waals surface area contributed by atoms with Crippen LogP contribution in [0, 0.1) is 10.1 Å². The molecule has 0 saturated carbocycles. The van der Waals surface area contributed by atoms with Crippen molar-refractivity contribution in [3.8, 4) is 5.88 Å². The first-order chi connectivity index (χ1) is 8.67. The molecule has 7 heteroatoms. The predicted molar refractivity (Wildman–Crippen MR) is 66.9 cm³/mol.